The number of carbonyl (C=O) groups is 1. The molecule has 132 valence electrons. The monoisotopic (exact) mass is 348 g/mol. The van der Waals surface area contributed by atoms with Gasteiger partial charge in [-0.15, -0.1) is 11.8 Å². The van der Waals surface area contributed by atoms with E-state index in [1.54, 1.807) is 11.8 Å². The van der Waals surface area contributed by atoms with Crippen molar-refractivity contribution >= 4 is 17.7 Å². The summed E-state index contributed by atoms with van der Waals surface area (Å²) in [4.78, 5) is 13.7. The number of esters is 1. The second-order valence-corrected chi connectivity index (χ2v) is 8.55. The number of unbranched alkanes of at least 4 members (excludes halogenated alkanes) is 4. The van der Waals surface area contributed by atoms with Gasteiger partial charge >= 0.3 is 5.97 Å². The summed E-state index contributed by atoms with van der Waals surface area (Å²) in [6, 6.07) is 10.2. The first-order valence-corrected chi connectivity index (χ1v) is 10.1. The molecule has 0 radical (unpaired) electrons. The largest absolute Gasteiger partial charge is 0.462 e. The number of rotatable bonds is 10. The van der Waals surface area contributed by atoms with Gasteiger partial charge < -0.3 is 9.47 Å². The number of hydrogen-bond donors (Lipinski definition) is 0. The third-order valence-corrected chi connectivity index (χ3v) is 6.30. The molecule has 24 heavy (non-hydrogen) atoms. The maximum Gasteiger partial charge on any atom is 0.322 e. The molecule has 0 spiro atoms. The minimum Gasteiger partial charge on any atom is -0.462 e. The van der Waals surface area contributed by atoms with Gasteiger partial charge in [0.15, 0.2) is 0 Å². The van der Waals surface area contributed by atoms with E-state index < -0.39 is 0 Å². The molecule has 0 amide bonds. The highest BCUT2D eigenvalue weighted by atomic mass is 32.2. The Morgan fingerprint density at radius 2 is 1.83 bits per heavy atom. The molecule has 0 aliphatic carbocycles. The van der Waals surface area contributed by atoms with Crippen LogP contribution >= 0.6 is 11.8 Å². The van der Waals surface area contributed by atoms with Crippen LogP contribution in [0.3, 0.4) is 0 Å². The van der Waals surface area contributed by atoms with Crippen molar-refractivity contribution in [1.29, 1.82) is 0 Å². The highest BCUT2D eigenvalue weighted by Crippen LogP contribution is 2.45. The lowest BCUT2D eigenvalue weighted by Crippen LogP contribution is -2.30. The smallest absolute Gasteiger partial charge is 0.322 e. The summed E-state index contributed by atoms with van der Waals surface area (Å²) < 4.78 is 10.4. The SMILES string of the molecule is C[C@H]1C[C@@](CCCCCCC[C@H]2CO2)(Sc2ccccc2)C(=O)O1. The van der Waals surface area contributed by atoms with Crippen molar-refractivity contribution in [2.45, 2.75) is 80.1 Å². The zero-order valence-electron chi connectivity index (χ0n) is 14.5. The Hall–Kier alpha value is -1.00. The minimum atomic E-state index is -0.386. The Labute approximate surface area is 149 Å². The summed E-state index contributed by atoms with van der Waals surface area (Å²) in [5.74, 6) is -0.0188. The topological polar surface area (TPSA) is 38.8 Å². The van der Waals surface area contributed by atoms with Crippen LogP contribution in [0.5, 0.6) is 0 Å². The molecule has 1 aromatic rings. The number of hydrogen-bond acceptors (Lipinski definition) is 4. The van der Waals surface area contributed by atoms with E-state index in [0.29, 0.717) is 6.10 Å². The van der Waals surface area contributed by atoms with Gasteiger partial charge in [0.1, 0.15) is 10.9 Å². The molecule has 0 saturated carbocycles. The third-order valence-electron chi connectivity index (χ3n) is 4.86. The van der Waals surface area contributed by atoms with Gasteiger partial charge in [-0.05, 0) is 31.9 Å². The summed E-state index contributed by atoms with van der Waals surface area (Å²) in [5, 5.41) is 0. The lowest BCUT2D eigenvalue weighted by atomic mass is 9.96. The maximum atomic E-state index is 12.5. The summed E-state index contributed by atoms with van der Waals surface area (Å²) >= 11 is 1.70. The number of benzene rings is 1. The van der Waals surface area contributed by atoms with E-state index in [2.05, 4.69) is 12.1 Å². The average Bonchev–Trinajstić information content (AvgIpc) is 3.34. The molecule has 0 aromatic heterocycles. The Bertz CT molecular complexity index is 529. The van der Waals surface area contributed by atoms with Crippen molar-refractivity contribution in [2.24, 2.45) is 0 Å². The van der Waals surface area contributed by atoms with Crippen molar-refractivity contribution in [3.05, 3.63) is 30.3 Å². The molecule has 3 atom stereocenters. The first kappa shape index (κ1) is 17.8. The lowest BCUT2D eigenvalue weighted by Gasteiger charge is -2.24. The molecule has 0 bridgehead atoms. The summed E-state index contributed by atoms with van der Waals surface area (Å²) in [6.07, 6.45) is 9.66. The molecule has 2 saturated heterocycles. The fraction of sp³-hybridized carbons (Fsp3) is 0.650. The Kier molecular flexibility index (Phi) is 6.23. The molecule has 0 unspecified atom stereocenters. The van der Waals surface area contributed by atoms with E-state index in [1.165, 1.54) is 32.1 Å². The molecule has 2 aliphatic heterocycles. The first-order valence-electron chi connectivity index (χ1n) is 9.25. The average molecular weight is 349 g/mol. The van der Waals surface area contributed by atoms with Gasteiger partial charge in [-0.2, -0.15) is 0 Å². The fourth-order valence-electron chi connectivity index (χ4n) is 3.48. The van der Waals surface area contributed by atoms with Gasteiger partial charge in [0.25, 0.3) is 0 Å². The molecular formula is C20H28O3S. The van der Waals surface area contributed by atoms with Crippen LogP contribution < -0.4 is 0 Å². The predicted octanol–water partition coefficient (Wildman–Crippen LogP) is 4.98. The lowest BCUT2D eigenvalue weighted by molar-refractivity contribution is -0.142. The van der Waals surface area contributed by atoms with Gasteiger partial charge in [0.05, 0.1) is 12.7 Å². The minimum absolute atomic E-state index is 0.0188. The number of thioether (sulfide) groups is 1. The molecule has 3 rings (SSSR count). The van der Waals surface area contributed by atoms with Crippen LogP contribution in [0.25, 0.3) is 0 Å². The second kappa shape index (κ2) is 8.39. The van der Waals surface area contributed by atoms with Crippen LogP contribution in [0.1, 0.15) is 58.3 Å². The van der Waals surface area contributed by atoms with Crippen molar-refractivity contribution in [3.8, 4) is 0 Å². The third kappa shape index (κ3) is 5.00. The normalized spacial score (nSPS) is 28.8. The molecule has 0 N–H and O–H groups in total. The summed E-state index contributed by atoms with van der Waals surface area (Å²) in [7, 11) is 0. The van der Waals surface area contributed by atoms with Crippen molar-refractivity contribution < 1.29 is 14.3 Å². The molecule has 2 heterocycles. The van der Waals surface area contributed by atoms with Gasteiger partial charge in [-0.25, -0.2) is 0 Å². The van der Waals surface area contributed by atoms with Crippen LogP contribution in [-0.4, -0.2) is 29.5 Å². The standard InChI is InChI=1S/C20H28O3S/c1-16-14-20(19(21)23-16,24-18-11-7-5-8-12-18)13-9-4-2-3-6-10-17-15-22-17/h5,7-8,11-12,16-17H,2-4,6,9-10,13-15H2,1H3/t16-,17-,20+/m0/s1. The Balaban J connectivity index is 1.46. The quantitative estimate of drug-likeness (QED) is 0.339. The van der Waals surface area contributed by atoms with Gasteiger partial charge in [-0.3, -0.25) is 4.79 Å². The van der Waals surface area contributed by atoms with E-state index in [1.807, 2.05) is 25.1 Å². The summed E-state index contributed by atoms with van der Waals surface area (Å²) in [5.41, 5.74) is 0. The number of cyclic esters (lactones) is 1. The number of carbonyl (C=O) groups excluding carboxylic acids is 1. The van der Waals surface area contributed by atoms with E-state index in [-0.39, 0.29) is 16.8 Å². The van der Waals surface area contributed by atoms with Crippen molar-refractivity contribution in [2.75, 3.05) is 6.61 Å². The molecular weight excluding hydrogens is 320 g/mol. The number of ether oxygens (including phenoxy) is 2. The van der Waals surface area contributed by atoms with Crippen LogP contribution in [0.2, 0.25) is 0 Å². The molecule has 2 aliphatic rings. The van der Waals surface area contributed by atoms with Crippen LogP contribution in [0, 0.1) is 0 Å². The van der Waals surface area contributed by atoms with Gasteiger partial charge in [-0.1, -0.05) is 50.3 Å². The molecule has 4 heteroatoms. The highest BCUT2D eigenvalue weighted by Gasteiger charge is 2.48. The Morgan fingerprint density at radius 1 is 1.12 bits per heavy atom. The molecule has 3 nitrogen and oxygen atoms in total. The second-order valence-electron chi connectivity index (χ2n) is 7.09. The predicted molar refractivity (Wildman–Crippen MR) is 97.3 cm³/mol. The van der Waals surface area contributed by atoms with E-state index in [0.717, 1.165) is 30.8 Å². The molecule has 1 aromatic carbocycles. The zero-order chi connectivity index (χ0) is 16.8. The van der Waals surface area contributed by atoms with Gasteiger partial charge in [0.2, 0.25) is 0 Å². The summed E-state index contributed by atoms with van der Waals surface area (Å²) in [6.45, 7) is 2.98. The van der Waals surface area contributed by atoms with E-state index >= 15 is 0 Å². The van der Waals surface area contributed by atoms with E-state index in [4.69, 9.17) is 9.47 Å². The van der Waals surface area contributed by atoms with Crippen molar-refractivity contribution in [3.63, 3.8) is 0 Å². The number of epoxide rings is 1. The van der Waals surface area contributed by atoms with Crippen molar-refractivity contribution in [1.82, 2.24) is 0 Å². The zero-order valence-corrected chi connectivity index (χ0v) is 15.4. The Morgan fingerprint density at radius 3 is 2.50 bits per heavy atom. The van der Waals surface area contributed by atoms with Crippen LogP contribution in [0.15, 0.2) is 35.2 Å². The highest BCUT2D eigenvalue weighted by molar-refractivity contribution is 8.01. The maximum absolute atomic E-state index is 12.5. The van der Waals surface area contributed by atoms with Gasteiger partial charge in [0, 0.05) is 11.3 Å². The van der Waals surface area contributed by atoms with Crippen LogP contribution in [-0.2, 0) is 14.3 Å². The first-order chi connectivity index (χ1) is 11.7. The van der Waals surface area contributed by atoms with Crippen LogP contribution in [0.4, 0.5) is 0 Å². The fourth-order valence-corrected chi connectivity index (χ4v) is 4.92. The molecule has 2 fully saturated rings. The van der Waals surface area contributed by atoms with E-state index in [9.17, 15) is 4.79 Å².